The van der Waals surface area contributed by atoms with E-state index in [4.69, 9.17) is 4.74 Å². The van der Waals surface area contributed by atoms with Crippen LogP contribution in [0, 0.1) is 5.92 Å². The second-order valence-electron chi connectivity index (χ2n) is 4.22. The van der Waals surface area contributed by atoms with Crippen molar-refractivity contribution < 1.29 is 4.74 Å². The summed E-state index contributed by atoms with van der Waals surface area (Å²) in [5, 5.41) is 3.32. The summed E-state index contributed by atoms with van der Waals surface area (Å²) in [6.07, 6.45) is 3.87. The number of hydrogen-bond donors (Lipinski definition) is 1. The normalized spacial score (nSPS) is 15.1. The maximum Gasteiger partial charge on any atom is 0.0792 e. The molecule has 0 spiro atoms. The second kappa shape index (κ2) is 6.61. The standard InChI is InChI=1S/C13H22N2O/c1-5-16-13(10(2)3)12(14-4)11-7-6-8-15-9-11/h6-10,12-14H,5H2,1-4H3. The molecule has 0 fully saturated rings. The fourth-order valence-corrected chi connectivity index (χ4v) is 1.95. The van der Waals surface area contributed by atoms with Crippen molar-refractivity contribution in [2.45, 2.75) is 32.9 Å². The Morgan fingerprint density at radius 2 is 2.19 bits per heavy atom. The Morgan fingerprint density at radius 1 is 1.44 bits per heavy atom. The zero-order valence-corrected chi connectivity index (χ0v) is 10.6. The lowest BCUT2D eigenvalue weighted by Crippen LogP contribution is -2.35. The van der Waals surface area contributed by atoms with Gasteiger partial charge < -0.3 is 10.1 Å². The minimum atomic E-state index is 0.180. The van der Waals surface area contributed by atoms with E-state index in [-0.39, 0.29) is 12.1 Å². The summed E-state index contributed by atoms with van der Waals surface area (Å²) in [5.74, 6) is 0.470. The van der Waals surface area contributed by atoms with Crippen LogP contribution in [0.4, 0.5) is 0 Å². The maximum atomic E-state index is 5.82. The van der Waals surface area contributed by atoms with Gasteiger partial charge >= 0.3 is 0 Å². The van der Waals surface area contributed by atoms with Crippen molar-refractivity contribution >= 4 is 0 Å². The summed E-state index contributed by atoms with van der Waals surface area (Å²) < 4.78 is 5.82. The molecule has 2 atom stereocenters. The van der Waals surface area contributed by atoms with Crippen LogP contribution in [0.3, 0.4) is 0 Å². The third-order valence-electron chi connectivity index (χ3n) is 2.70. The lowest BCUT2D eigenvalue weighted by molar-refractivity contribution is 0.00453. The van der Waals surface area contributed by atoms with E-state index in [1.165, 1.54) is 5.56 Å². The van der Waals surface area contributed by atoms with Crippen molar-refractivity contribution in [3.05, 3.63) is 30.1 Å². The summed E-state index contributed by atoms with van der Waals surface area (Å²) in [5.41, 5.74) is 1.18. The molecule has 1 heterocycles. The molecule has 90 valence electrons. The average molecular weight is 222 g/mol. The van der Waals surface area contributed by atoms with Crippen LogP contribution >= 0.6 is 0 Å². The first kappa shape index (κ1) is 13.1. The molecule has 2 unspecified atom stereocenters. The first-order valence-electron chi connectivity index (χ1n) is 5.89. The molecular formula is C13H22N2O. The van der Waals surface area contributed by atoms with Gasteiger partial charge in [-0.2, -0.15) is 0 Å². The number of nitrogens with one attached hydrogen (secondary N) is 1. The van der Waals surface area contributed by atoms with Crippen molar-refractivity contribution in [1.29, 1.82) is 0 Å². The van der Waals surface area contributed by atoms with E-state index in [2.05, 4.69) is 30.2 Å². The lowest BCUT2D eigenvalue weighted by Gasteiger charge is -2.29. The van der Waals surface area contributed by atoms with Crippen LogP contribution in [0.1, 0.15) is 32.4 Å². The first-order valence-corrected chi connectivity index (χ1v) is 5.89. The summed E-state index contributed by atoms with van der Waals surface area (Å²) >= 11 is 0. The molecule has 1 N–H and O–H groups in total. The smallest absolute Gasteiger partial charge is 0.0792 e. The molecular weight excluding hydrogens is 200 g/mol. The van der Waals surface area contributed by atoms with E-state index < -0.39 is 0 Å². The van der Waals surface area contributed by atoms with Gasteiger partial charge in [-0.05, 0) is 31.5 Å². The third kappa shape index (κ3) is 3.29. The van der Waals surface area contributed by atoms with E-state index in [1.54, 1.807) is 6.20 Å². The van der Waals surface area contributed by atoms with Gasteiger partial charge in [0.1, 0.15) is 0 Å². The van der Waals surface area contributed by atoms with Crippen molar-refractivity contribution in [1.82, 2.24) is 10.3 Å². The number of hydrogen-bond acceptors (Lipinski definition) is 3. The molecule has 0 radical (unpaired) electrons. The van der Waals surface area contributed by atoms with Crippen LogP contribution in [-0.2, 0) is 4.74 Å². The SMILES string of the molecule is CCOC(C(C)C)C(NC)c1cccnc1. The average Bonchev–Trinajstić information content (AvgIpc) is 2.30. The zero-order chi connectivity index (χ0) is 12.0. The van der Waals surface area contributed by atoms with E-state index in [1.807, 2.05) is 26.2 Å². The number of ether oxygens (including phenoxy) is 1. The lowest BCUT2D eigenvalue weighted by atomic mass is 9.94. The van der Waals surface area contributed by atoms with Gasteiger partial charge in [0.15, 0.2) is 0 Å². The molecule has 1 aromatic heterocycles. The van der Waals surface area contributed by atoms with E-state index in [0.29, 0.717) is 5.92 Å². The molecule has 0 aliphatic heterocycles. The Bertz CT molecular complexity index is 287. The van der Waals surface area contributed by atoms with E-state index in [0.717, 1.165) is 6.61 Å². The Hall–Kier alpha value is -0.930. The van der Waals surface area contributed by atoms with Crippen molar-refractivity contribution in [2.24, 2.45) is 5.92 Å². The van der Waals surface area contributed by atoms with Gasteiger partial charge in [-0.15, -0.1) is 0 Å². The van der Waals surface area contributed by atoms with E-state index in [9.17, 15) is 0 Å². The summed E-state index contributed by atoms with van der Waals surface area (Å²) in [6, 6.07) is 4.25. The molecule has 0 saturated heterocycles. The summed E-state index contributed by atoms with van der Waals surface area (Å²) in [4.78, 5) is 4.16. The molecule has 1 rings (SSSR count). The highest BCUT2D eigenvalue weighted by molar-refractivity contribution is 5.15. The number of rotatable bonds is 6. The van der Waals surface area contributed by atoms with Crippen LogP contribution in [0.2, 0.25) is 0 Å². The third-order valence-corrected chi connectivity index (χ3v) is 2.70. The molecule has 0 amide bonds. The fourth-order valence-electron chi connectivity index (χ4n) is 1.95. The Kier molecular flexibility index (Phi) is 5.43. The highest BCUT2D eigenvalue weighted by Gasteiger charge is 2.25. The van der Waals surface area contributed by atoms with Gasteiger partial charge in [0.25, 0.3) is 0 Å². The number of aromatic nitrogens is 1. The topological polar surface area (TPSA) is 34.1 Å². The quantitative estimate of drug-likeness (QED) is 0.802. The van der Waals surface area contributed by atoms with Gasteiger partial charge in [0, 0.05) is 19.0 Å². The molecule has 1 aromatic rings. The first-order chi connectivity index (χ1) is 7.70. The van der Waals surface area contributed by atoms with Crippen LogP contribution < -0.4 is 5.32 Å². The van der Waals surface area contributed by atoms with Gasteiger partial charge in [0.05, 0.1) is 12.1 Å². The molecule has 0 saturated carbocycles. The molecule has 0 bridgehead atoms. The Balaban J connectivity index is 2.86. The predicted octanol–water partition coefficient (Wildman–Crippen LogP) is 2.40. The second-order valence-corrected chi connectivity index (χ2v) is 4.22. The van der Waals surface area contributed by atoms with Crippen LogP contribution in [0.25, 0.3) is 0 Å². The number of nitrogens with zero attached hydrogens (tertiary/aromatic N) is 1. The monoisotopic (exact) mass is 222 g/mol. The van der Waals surface area contributed by atoms with Crippen molar-refractivity contribution in [3.63, 3.8) is 0 Å². The van der Waals surface area contributed by atoms with Crippen LogP contribution in [-0.4, -0.2) is 24.7 Å². The van der Waals surface area contributed by atoms with Crippen LogP contribution in [0.5, 0.6) is 0 Å². The van der Waals surface area contributed by atoms with Crippen molar-refractivity contribution in [3.8, 4) is 0 Å². The minimum Gasteiger partial charge on any atom is -0.376 e. The Labute approximate surface area is 98.2 Å². The minimum absolute atomic E-state index is 0.180. The van der Waals surface area contributed by atoms with E-state index >= 15 is 0 Å². The maximum absolute atomic E-state index is 5.82. The summed E-state index contributed by atoms with van der Waals surface area (Å²) in [6.45, 7) is 7.13. The molecule has 0 aliphatic carbocycles. The largest absolute Gasteiger partial charge is 0.376 e. The molecule has 0 aromatic carbocycles. The van der Waals surface area contributed by atoms with Gasteiger partial charge in [-0.1, -0.05) is 19.9 Å². The fraction of sp³-hybridized carbons (Fsp3) is 0.615. The molecule has 3 heteroatoms. The number of likely N-dealkylation sites (N-methyl/N-ethyl adjacent to an activating group) is 1. The van der Waals surface area contributed by atoms with Gasteiger partial charge in [-0.25, -0.2) is 0 Å². The van der Waals surface area contributed by atoms with Crippen LogP contribution in [0.15, 0.2) is 24.5 Å². The van der Waals surface area contributed by atoms with Gasteiger partial charge in [0.2, 0.25) is 0 Å². The molecule has 3 nitrogen and oxygen atoms in total. The number of pyridine rings is 1. The molecule has 0 aliphatic rings. The summed E-state index contributed by atoms with van der Waals surface area (Å²) in [7, 11) is 1.96. The Morgan fingerprint density at radius 3 is 2.62 bits per heavy atom. The predicted molar refractivity (Wildman–Crippen MR) is 66.3 cm³/mol. The van der Waals surface area contributed by atoms with Gasteiger partial charge in [-0.3, -0.25) is 4.98 Å². The zero-order valence-electron chi connectivity index (χ0n) is 10.6. The highest BCUT2D eigenvalue weighted by Crippen LogP contribution is 2.23. The molecule has 16 heavy (non-hydrogen) atoms. The highest BCUT2D eigenvalue weighted by atomic mass is 16.5. The van der Waals surface area contributed by atoms with Crippen molar-refractivity contribution in [2.75, 3.05) is 13.7 Å².